The summed E-state index contributed by atoms with van der Waals surface area (Å²) < 4.78 is 38.8. The fraction of sp³-hybridized carbons (Fsp3) is 0.524. The number of sulfonamides is 1. The average molecular weight is 435 g/mol. The largest absolute Gasteiger partial charge is 0.465 e. The Morgan fingerprint density at radius 3 is 2.73 bits per heavy atom. The molecule has 0 unspecified atom stereocenters. The van der Waals surface area contributed by atoms with Gasteiger partial charge in [0.1, 0.15) is 6.04 Å². The second-order valence-corrected chi connectivity index (χ2v) is 9.35. The quantitative estimate of drug-likeness (QED) is 0.492. The van der Waals surface area contributed by atoms with E-state index >= 15 is 0 Å². The van der Waals surface area contributed by atoms with Crippen LogP contribution in [0, 0.1) is 18.3 Å². The number of terminal acetylenes is 1. The molecule has 0 radical (unpaired) electrons. The van der Waals surface area contributed by atoms with E-state index in [1.54, 1.807) is 12.0 Å². The van der Waals surface area contributed by atoms with Crippen LogP contribution in [0.3, 0.4) is 0 Å². The maximum absolute atomic E-state index is 13.7. The molecule has 0 aliphatic carbocycles. The lowest BCUT2D eigenvalue weighted by atomic mass is 9.91. The van der Waals surface area contributed by atoms with Crippen molar-refractivity contribution < 1.29 is 27.5 Å². The molecule has 1 aromatic rings. The topological polar surface area (TPSA) is 93.2 Å². The molecule has 0 aromatic heterocycles. The SMILES string of the molecule is C#CCN1C[C@H](COC)[C@H]2CCC[C@@H](C1=O)N2S(=O)(=O)c1cccc(C(=O)OC)c1. The van der Waals surface area contributed by atoms with Crippen LogP contribution in [0.25, 0.3) is 0 Å². The summed E-state index contributed by atoms with van der Waals surface area (Å²) in [5.41, 5.74) is 0.132. The van der Waals surface area contributed by atoms with Gasteiger partial charge in [0.25, 0.3) is 0 Å². The number of carbonyl (C=O) groups excluding carboxylic acids is 2. The lowest BCUT2D eigenvalue weighted by Gasteiger charge is -2.40. The molecule has 2 saturated heterocycles. The van der Waals surface area contributed by atoms with Crippen LogP contribution in [0.5, 0.6) is 0 Å². The lowest BCUT2D eigenvalue weighted by Crippen LogP contribution is -2.55. The van der Waals surface area contributed by atoms with E-state index < -0.39 is 28.1 Å². The predicted molar refractivity (Wildman–Crippen MR) is 109 cm³/mol. The van der Waals surface area contributed by atoms with Gasteiger partial charge in [0.05, 0.1) is 30.7 Å². The minimum Gasteiger partial charge on any atom is -0.465 e. The van der Waals surface area contributed by atoms with Crippen molar-refractivity contribution in [3.8, 4) is 12.3 Å². The fourth-order valence-electron chi connectivity index (χ4n) is 4.39. The monoisotopic (exact) mass is 434 g/mol. The summed E-state index contributed by atoms with van der Waals surface area (Å²) in [5, 5.41) is 0. The number of piperidine rings is 1. The van der Waals surface area contributed by atoms with Crippen molar-refractivity contribution in [2.24, 2.45) is 5.92 Å². The van der Waals surface area contributed by atoms with Gasteiger partial charge in [-0.25, -0.2) is 13.2 Å². The van der Waals surface area contributed by atoms with E-state index in [1.165, 1.54) is 35.7 Å². The van der Waals surface area contributed by atoms with Crippen molar-refractivity contribution in [3.63, 3.8) is 0 Å². The molecule has 2 aliphatic heterocycles. The van der Waals surface area contributed by atoms with E-state index in [1.807, 2.05) is 0 Å². The van der Waals surface area contributed by atoms with Gasteiger partial charge in [0.2, 0.25) is 15.9 Å². The van der Waals surface area contributed by atoms with Gasteiger partial charge in [0.15, 0.2) is 0 Å². The van der Waals surface area contributed by atoms with Gasteiger partial charge in [-0.1, -0.05) is 12.0 Å². The van der Waals surface area contributed by atoms with Gasteiger partial charge < -0.3 is 14.4 Å². The molecule has 30 heavy (non-hydrogen) atoms. The van der Waals surface area contributed by atoms with Crippen molar-refractivity contribution in [3.05, 3.63) is 29.8 Å². The number of ether oxygens (including phenoxy) is 2. The number of benzene rings is 1. The first-order chi connectivity index (χ1) is 14.3. The third-order valence-electron chi connectivity index (χ3n) is 5.70. The zero-order valence-corrected chi connectivity index (χ0v) is 17.9. The van der Waals surface area contributed by atoms with Crippen LogP contribution in [-0.2, 0) is 24.3 Å². The number of hydrogen-bond acceptors (Lipinski definition) is 6. The zero-order chi connectivity index (χ0) is 21.9. The standard InChI is InChI=1S/C21H26N2O6S/c1-4-11-22-13-16(14-28-2)18-9-6-10-19(20(22)24)23(18)30(26,27)17-8-5-7-15(12-17)21(25)29-3/h1,5,7-8,12,16,18-19H,6,9-11,13-14H2,2-3H3/t16-,18-,19+/m1/s1. The normalized spacial score (nSPS) is 24.8. The van der Waals surface area contributed by atoms with Crippen molar-refractivity contribution in [1.29, 1.82) is 0 Å². The van der Waals surface area contributed by atoms with Crippen LogP contribution in [0.15, 0.2) is 29.2 Å². The molecule has 2 bridgehead atoms. The van der Waals surface area contributed by atoms with Gasteiger partial charge in [-0.15, -0.1) is 6.42 Å². The van der Waals surface area contributed by atoms with Crippen molar-refractivity contribution in [2.45, 2.75) is 36.2 Å². The maximum Gasteiger partial charge on any atom is 0.337 e. The molecule has 2 heterocycles. The summed E-state index contributed by atoms with van der Waals surface area (Å²) in [6, 6.07) is 4.47. The number of amides is 1. The molecule has 3 rings (SSSR count). The summed E-state index contributed by atoms with van der Waals surface area (Å²) in [6.07, 6.45) is 7.23. The highest BCUT2D eigenvalue weighted by molar-refractivity contribution is 7.89. The molecule has 1 aromatic carbocycles. The Bertz CT molecular complexity index is 954. The minimum atomic E-state index is -4.06. The number of hydrogen-bond donors (Lipinski definition) is 0. The van der Waals surface area contributed by atoms with Crippen molar-refractivity contribution >= 4 is 21.9 Å². The molecule has 0 N–H and O–H groups in total. The van der Waals surface area contributed by atoms with Crippen molar-refractivity contribution in [1.82, 2.24) is 9.21 Å². The number of fused-ring (bicyclic) bond motifs is 2. The number of carbonyl (C=O) groups is 2. The molecular formula is C21H26N2O6S. The highest BCUT2D eigenvalue weighted by Crippen LogP contribution is 2.37. The van der Waals surface area contributed by atoms with Gasteiger partial charge in [-0.3, -0.25) is 4.79 Å². The first-order valence-corrected chi connectivity index (χ1v) is 11.2. The molecular weight excluding hydrogens is 408 g/mol. The first-order valence-electron chi connectivity index (χ1n) is 9.78. The third kappa shape index (κ3) is 4.08. The van der Waals surface area contributed by atoms with E-state index in [9.17, 15) is 18.0 Å². The summed E-state index contributed by atoms with van der Waals surface area (Å²) in [5.74, 6) is 1.37. The van der Waals surface area contributed by atoms with Crippen LogP contribution in [0.2, 0.25) is 0 Å². The van der Waals surface area contributed by atoms with Crippen LogP contribution in [0.4, 0.5) is 0 Å². The van der Waals surface area contributed by atoms with E-state index in [0.29, 0.717) is 26.0 Å². The summed E-state index contributed by atoms with van der Waals surface area (Å²) in [4.78, 5) is 26.6. The number of rotatable bonds is 6. The van der Waals surface area contributed by atoms with Crippen molar-refractivity contribution in [2.75, 3.05) is 33.9 Å². The van der Waals surface area contributed by atoms with Crippen LogP contribution >= 0.6 is 0 Å². The molecule has 8 nitrogen and oxygen atoms in total. The molecule has 2 aliphatic rings. The van der Waals surface area contributed by atoms with E-state index in [-0.39, 0.29) is 28.8 Å². The average Bonchev–Trinajstić information content (AvgIpc) is 2.82. The molecule has 0 spiro atoms. The Hall–Kier alpha value is -2.41. The van der Waals surface area contributed by atoms with E-state index in [0.717, 1.165) is 6.42 Å². The second-order valence-electron chi connectivity index (χ2n) is 7.51. The van der Waals surface area contributed by atoms with Crippen LogP contribution < -0.4 is 0 Å². The molecule has 0 saturated carbocycles. The molecule has 1 amide bonds. The zero-order valence-electron chi connectivity index (χ0n) is 17.1. The van der Waals surface area contributed by atoms with Gasteiger partial charge in [0, 0.05) is 25.6 Å². The van der Waals surface area contributed by atoms with Gasteiger partial charge in [-0.2, -0.15) is 4.31 Å². The molecule has 2 fully saturated rings. The molecule has 9 heteroatoms. The Balaban J connectivity index is 2.09. The van der Waals surface area contributed by atoms with Crippen LogP contribution in [-0.4, -0.2) is 75.5 Å². The highest BCUT2D eigenvalue weighted by Gasteiger charge is 2.50. The maximum atomic E-state index is 13.7. The summed E-state index contributed by atoms with van der Waals surface area (Å²) >= 11 is 0. The molecule has 3 atom stereocenters. The van der Waals surface area contributed by atoms with Gasteiger partial charge >= 0.3 is 5.97 Å². The fourth-order valence-corrected chi connectivity index (χ4v) is 6.32. The Morgan fingerprint density at radius 1 is 1.30 bits per heavy atom. The third-order valence-corrected chi connectivity index (χ3v) is 7.63. The lowest BCUT2D eigenvalue weighted by molar-refractivity contribution is -0.134. The van der Waals surface area contributed by atoms with E-state index in [4.69, 9.17) is 15.9 Å². The second kappa shape index (κ2) is 9.16. The number of nitrogens with zero attached hydrogens (tertiary/aromatic N) is 2. The number of methoxy groups -OCH3 is 2. The Morgan fingerprint density at radius 2 is 2.07 bits per heavy atom. The summed E-state index contributed by atoms with van der Waals surface area (Å²) in [6.45, 7) is 0.764. The smallest absolute Gasteiger partial charge is 0.337 e. The first kappa shape index (κ1) is 22.3. The van der Waals surface area contributed by atoms with Crippen LogP contribution in [0.1, 0.15) is 29.6 Å². The molecule has 162 valence electrons. The number of esters is 1. The van der Waals surface area contributed by atoms with Gasteiger partial charge in [-0.05, 0) is 37.5 Å². The minimum absolute atomic E-state index is 0.0448. The van der Waals surface area contributed by atoms with E-state index in [2.05, 4.69) is 5.92 Å². The Labute approximate surface area is 177 Å². The predicted octanol–water partition coefficient (Wildman–Crippen LogP) is 1.12. The highest BCUT2D eigenvalue weighted by atomic mass is 32.2. The Kier molecular flexibility index (Phi) is 6.81. The summed E-state index contributed by atoms with van der Waals surface area (Å²) in [7, 11) is -1.27.